The highest BCUT2D eigenvalue weighted by Gasteiger charge is 2.28. The fourth-order valence-corrected chi connectivity index (χ4v) is 3.92. The van der Waals surface area contributed by atoms with E-state index in [-0.39, 0.29) is 5.91 Å². The molecule has 2 fully saturated rings. The number of hydrogen-bond donors (Lipinski definition) is 1. The molecule has 2 aromatic carbocycles. The molecule has 2 saturated heterocycles. The van der Waals surface area contributed by atoms with Gasteiger partial charge in [-0.25, -0.2) is 0 Å². The lowest BCUT2D eigenvalue weighted by atomic mass is 10.1. The van der Waals surface area contributed by atoms with Crippen LogP contribution in [0.2, 0.25) is 0 Å². The molecule has 0 unspecified atom stereocenters. The number of anilines is 1. The van der Waals surface area contributed by atoms with Crippen LogP contribution in [0, 0.1) is 0 Å². The van der Waals surface area contributed by atoms with Crippen molar-refractivity contribution in [2.75, 3.05) is 64.3 Å². The molecule has 0 atom stereocenters. The van der Waals surface area contributed by atoms with E-state index in [0.717, 1.165) is 11.1 Å². The molecule has 2 heterocycles. The normalized spacial score (nSPS) is 17.1. The molecule has 168 valence electrons. The van der Waals surface area contributed by atoms with E-state index in [4.69, 9.17) is 4.74 Å². The second kappa shape index (κ2) is 10.4. The van der Waals surface area contributed by atoms with E-state index >= 15 is 0 Å². The molecule has 2 aliphatic rings. The fraction of sp³-hybridized carbons (Fsp3) is 0.375. The first kappa shape index (κ1) is 22.0. The van der Waals surface area contributed by atoms with E-state index in [1.54, 1.807) is 17.0 Å². The van der Waals surface area contributed by atoms with Gasteiger partial charge in [0, 0.05) is 45.0 Å². The third-order valence-corrected chi connectivity index (χ3v) is 5.83. The summed E-state index contributed by atoms with van der Waals surface area (Å²) in [6, 6.07) is 17.4. The van der Waals surface area contributed by atoms with Gasteiger partial charge >= 0.3 is 11.8 Å². The summed E-state index contributed by atoms with van der Waals surface area (Å²) in [4.78, 5) is 42.8. The Morgan fingerprint density at radius 2 is 1.38 bits per heavy atom. The lowest BCUT2D eigenvalue weighted by Gasteiger charge is -2.35. The summed E-state index contributed by atoms with van der Waals surface area (Å²) in [7, 11) is 0. The number of morpholine rings is 1. The molecule has 0 spiro atoms. The highest BCUT2D eigenvalue weighted by atomic mass is 16.5. The van der Waals surface area contributed by atoms with Gasteiger partial charge in [-0.3, -0.25) is 19.3 Å². The van der Waals surface area contributed by atoms with E-state index in [9.17, 15) is 14.4 Å². The summed E-state index contributed by atoms with van der Waals surface area (Å²) in [6.07, 6.45) is 0. The van der Waals surface area contributed by atoms with E-state index in [2.05, 4.69) is 5.32 Å². The van der Waals surface area contributed by atoms with Crippen molar-refractivity contribution in [3.8, 4) is 11.1 Å². The maximum absolute atomic E-state index is 12.6. The van der Waals surface area contributed by atoms with Gasteiger partial charge in [0.25, 0.3) is 0 Å². The average Bonchev–Trinajstić information content (AvgIpc) is 2.85. The number of benzene rings is 2. The molecular weight excluding hydrogens is 408 g/mol. The van der Waals surface area contributed by atoms with Gasteiger partial charge in [0.2, 0.25) is 5.91 Å². The number of nitrogens with one attached hydrogen (secondary N) is 1. The minimum atomic E-state index is -0.643. The molecule has 0 saturated carbocycles. The summed E-state index contributed by atoms with van der Waals surface area (Å²) < 4.78 is 5.28. The summed E-state index contributed by atoms with van der Waals surface area (Å²) in [6.45, 7) is 4.75. The quantitative estimate of drug-likeness (QED) is 0.731. The van der Waals surface area contributed by atoms with Crippen LogP contribution in [-0.4, -0.2) is 91.4 Å². The first-order valence-electron chi connectivity index (χ1n) is 10.9. The number of hydrogen-bond acceptors (Lipinski definition) is 5. The molecule has 1 N–H and O–H groups in total. The van der Waals surface area contributed by atoms with Gasteiger partial charge in [0.05, 0.1) is 19.8 Å². The third-order valence-electron chi connectivity index (χ3n) is 5.83. The molecule has 2 aromatic rings. The standard InChI is InChI=1S/C24H28N4O4/c29-22(27-14-16-32-17-15-27)18-26-10-12-28(13-11-26)24(31)23(30)25-21-8-6-20(7-9-21)19-4-2-1-3-5-19/h1-9H,10-18H2,(H,25,30). The summed E-state index contributed by atoms with van der Waals surface area (Å²) in [5.41, 5.74) is 2.71. The number of rotatable bonds is 4. The minimum Gasteiger partial charge on any atom is -0.378 e. The van der Waals surface area contributed by atoms with Gasteiger partial charge in [-0.15, -0.1) is 0 Å². The Hall–Kier alpha value is -3.23. The third kappa shape index (κ3) is 5.52. The van der Waals surface area contributed by atoms with Crippen LogP contribution in [0.25, 0.3) is 11.1 Å². The number of nitrogens with zero attached hydrogens (tertiary/aromatic N) is 3. The van der Waals surface area contributed by atoms with Crippen LogP contribution < -0.4 is 5.32 Å². The summed E-state index contributed by atoms with van der Waals surface area (Å²) in [5, 5.41) is 2.69. The maximum atomic E-state index is 12.6. The number of amides is 3. The molecule has 0 radical (unpaired) electrons. The van der Waals surface area contributed by atoms with Crippen molar-refractivity contribution < 1.29 is 19.1 Å². The zero-order valence-corrected chi connectivity index (χ0v) is 18.0. The van der Waals surface area contributed by atoms with E-state index in [1.165, 1.54) is 0 Å². The van der Waals surface area contributed by atoms with Crippen molar-refractivity contribution in [3.05, 3.63) is 54.6 Å². The topological polar surface area (TPSA) is 82.2 Å². The molecule has 0 aliphatic carbocycles. The molecule has 0 bridgehead atoms. The van der Waals surface area contributed by atoms with Gasteiger partial charge < -0.3 is 19.9 Å². The first-order chi connectivity index (χ1) is 15.6. The molecule has 32 heavy (non-hydrogen) atoms. The average molecular weight is 437 g/mol. The van der Waals surface area contributed by atoms with Gasteiger partial charge in [-0.05, 0) is 23.3 Å². The zero-order chi connectivity index (χ0) is 22.3. The van der Waals surface area contributed by atoms with Crippen molar-refractivity contribution in [2.45, 2.75) is 0 Å². The maximum Gasteiger partial charge on any atom is 0.313 e. The van der Waals surface area contributed by atoms with Gasteiger partial charge in [0.15, 0.2) is 0 Å². The van der Waals surface area contributed by atoms with Crippen LogP contribution in [0.1, 0.15) is 0 Å². The van der Waals surface area contributed by atoms with Crippen LogP contribution in [0.5, 0.6) is 0 Å². The van der Waals surface area contributed by atoms with Crippen molar-refractivity contribution in [3.63, 3.8) is 0 Å². The Morgan fingerprint density at radius 3 is 2.03 bits per heavy atom. The predicted octanol–water partition coefficient (Wildman–Crippen LogP) is 1.30. The molecule has 2 aliphatic heterocycles. The lowest BCUT2D eigenvalue weighted by Crippen LogP contribution is -2.54. The van der Waals surface area contributed by atoms with Crippen LogP contribution in [0.15, 0.2) is 54.6 Å². The number of ether oxygens (including phenoxy) is 1. The minimum absolute atomic E-state index is 0.0877. The SMILES string of the molecule is O=C(Nc1ccc(-c2ccccc2)cc1)C(=O)N1CCN(CC(=O)N2CCOCC2)CC1. The molecule has 4 rings (SSSR count). The second-order valence-electron chi connectivity index (χ2n) is 7.96. The van der Waals surface area contributed by atoms with Gasteiger partial charge in [-0.1, -0.05) is 42.5 Å². The smallest absolute Gasteiger partial charge is 0.313 e. The summed E-state index contributed by atoms with van der Waals surface area (Å²) >= 11 is 0. The Balaban J connectivity index is 1.24. The fourth-order valence-electron chi connectivity index (χ4n) is 3.92. The van der Waals surface area contributed by atoms with Crippen LogP contribution in [-0.2, 0) is 19.1 Å². The van der Waals surface area contributed by atoms with Gasteiger partial charge in [-0.2, -0.15) is 0 Å². The monoisotopic (exact) mass is 436 g/mol. The van der Waals surface area contributed by atoms with Crippen molar-refractivity contribution in [2.24, 2.45) is 0 Å². The van der Waals surface area contributed by atoms with Crippen molar-refractivity contribution in [1.29, 1.82) is 0 Å². The largest absolute Gasteiger partial charge is 0.378 e. The Bertz CT molecular complexity index is 934. The van der Waals surface area contributed by atoms with Gasteiger partial charge in [0.1, 0.15) is 0 Å². The molecular formula is C24H28N4O4. The van der Waals surface area contributed by atoms with Crippen LogP contribution >= 0.6 is 0 Å². The Morgan fingerprint density at radius 1 is 0.750 bits per heavy atom. The number of piperazine rings is 1. The first-order valence-corrected chi connectivity index (χ1v) is 10.9. The van der Waals surface area contributed by atoms with E-state index in [1.807, 2.05) is 52.3 Å². The highest BCUT2D eigenvalue weighted by Crippen LogP contribution is 2.21. The zero-order valence-electron chi connectivity index (χ0n) is 18.0. The van der Waals surface area contributed by atoms with Crippen LogP contribution in [0.3, 0.4) is 0 Å². The predicted molar refractivity (Wildman–Crippen MR) is 121 cm³/mol. The highest BCUT2D eigenvalue weighted by molar-refractivity contribution is 6.39. The molecule has 3 amide bonds. The molecule has 8 nitrogen and oxygen atoms in total. The summed E-state index contributed by atoms with van der Waals surface area (Å²) in [5.74, 6) is -1.10. The van der Waals surface area contributed by atoms with E-state index in [0.29, 0.717) is 64.7 Å². The van der Waals surface area contributed by atoms with Crippen molar-refractivity contribution >= 4 is 23.4 Å². The second-order valence-corrected chi connectivity index (χ2v) is 7.96. The Labute approximate surface area is 187 Å². The van der Waals surface area contributed by atoms with Crippen molar-refractivity contribution in [1.82, 2.24) is 14.7 Å². The Kier molecular flexibility index (Phi) is 7.14. The number of carbonyl (C=O) groups is 3. The number of carbonyl (C=O) groups excluding carboxylic acids is 3. The van der Waals surface area contributed by atoms with Crippen LogP contribution in [0.4, 0.5) is 5.69 Å². The lowest BCUT2D eigenvalue weighted by molar-refractivity contribution is -0.145. The van der Waals surface area contributed by atoms with E-state index < -0.39 is 11.8 Å². The molecule has 8 heteroatoms. The molecule has 0 aromatic heterocycles.